The highest BCUT2D eigenvalue weighted by molar-refractivity contribution is 5.39. The van der Waals surface area contributed by atoms with E-state index in [1.807, 2.05) is 30.3 Å². The molecule has 13 heavy (non-hydrogen) atoms. The van der Waals surface area contributed by atoms with Gasteiger partial charge in [-0.05, 0) is 24.0 Å². The van der Waals surface area contributed by atoms with Gasteiger partial charge in [0.05, 0.1) is 6.61 Å². The maximum atomic E-state index is 8.43. The monoisotopic (exact) mass is 170 g/mol. The van der Waals surface area contributed by atoms with Crippen molar-refractivity contribution in [3.63, 3.8) is 0 Å². The molecule has 0 aromatic heterocycles. The first-order chi connectivity index (χ1) is 6.43. The van der Waals surface area contributed by atoms with Crippen LogP contribution in [-0.4, -0.2) is 11.7 Å². The van der Waals surface area contributed by atoms with E-state index in [-0.39, 0.29) is 6.61 Å². The molecule has 0 saturated heterocycles. The summed E-state index contributed by atoms with van der Waals surface area (Å²) in [5.41, 5.74) is 0.959. The molecule has 1 rings (SSSR count). The zero-order chi connectivity index (χ0) is 9.36. The molecule has 0 atom stereocenters. The normalized spacial score (nSPS) is 7.77. The van der Waals surface area contributed by atoms with Crippen LogP contribution in [0.3, 0.4) is 0 Å². The molecular formula is C12H10O. The summed E-state index contributed by atoms with van der Waals surface area (Å²) in [7, 11) is 0. The van der Waals surface area contributed by atoms with Crippen molar-refractivity contribution in [2.24, 2.45) is 0 Å². The predicted molar refractivity (Wildman–Crippen MR) is 52.8 cm³/mol. The standard InChI is InChI=1S/C12H10O/c13-11-7-2-1-4-8-12-9-5-3-6-10-12/h3,5-6,9-10,13H,7,11H2. The quantitative estimate of drug-likeness (QED) is 0.632. The summed E-state index contributed by atoms with van der Waals surface area (Å²) in [6, 6.07) is 9.68. The predicted octanol–water partition coefficient (Wildman–Crippen LogP) is 1.42. The lowest BCUT2D eigenvalue weighted by Gasteiger charge is -1.83. The molecule has 64 valence electrons. The van der Waals surface area contributed by atoms with Crippen LogP contribution in [0.15, 0.2) is 30.3 Å². The van der Waals surface area contributed by atoms with E-state index in [0.29, 0.717) is 6.42 Å². The second-order valence-electron chi connectivity index (χ2n) is 2.39. The molecule has 0 radical (unpaired) electrons. The summed E-state index contributed by atoms with van der Waals surface area (Å²) in [6.45, 7) is 0.0972. The summed E-state index contributed by atoms with van der Waals surface area (Å²) >= 11 is 0. The van der Waals surface area contributed by atoms with Gasteiger partial charge in [-0.1, -0.05) is 30.0 Å². The van der Waals surface area contributed by atoms with Crippen LogP contribution < -0.4 is 0 Å². The second kappa shape index (κ2) is 5.89. The fraction of sp³-hybridized carbons (Fsp3) is 0.167. The minimum Gasteiger partial charge on any atom is -0.395 e. The number of hydrogen-bond acceptors (Lipinski definition) is 1. The molecule has 0 aliphatic rings. The van der Waals surface area contributed by atoms with Crippen LogP contribution >= 0.6 is 0 Å². The molecule has 0 aliphatic heterocycles. The van der Waals surface area contributed by atoms with Crippen molar-refractivity contribution in [1.29, 1.82) is 0 Å². The molecule has 1 aromatic carbocycles. The van der Waals surface area contributed by atoms with Crippen LogP contribution in [-0.2, 0) is 0 Å². The van der Waals surface area contributed by atoms with E-state index in [4.69, 9.17) is 5.11 Å². The molecule has 0 heterocycles. The SMILES string of the molecule is OCCC#CC#Cc1ccccc1. The van der Waals surface area contributed by atoms with Crippen molar-refractivity contribution in [1.82, 2.24) is 0 Å². The molecule has 0 fully saturated rings. The first-order valence-electron chi connectivity index (χ1n) is 4.08. The molecule has 0 bridgehead atoms. The molecule has 1 heteroatoms. The van der Waals surface area contributed by atoms with Crippen molar-refractivity contribution < 1.29 is 5.11 Å². The zero-order valence-electron chi connectivity index (χ0n) is 7.25. The molecular weight excluding hydrogens is 160 g/mol. The van der Waals surface area contributed by atoms with Crippen LogP contribution in [0.5, 0.6) is 0 Å². The lowest BCUT2D eigenvalue weighted by Crippen LogP contribution is -1.74. The van der Waals surface area contributed by atoms with E-state index in [1.165, 1.54) is 0 Å². The Bertz CT molecular complexity index is 357. The lowest BCUT2D eigenvalue weighted by molar-refractivity contribution is 0.305. The number of aliphatic hydroxyl groups excluding tert-OH is 1. The van der Waals surface area contributed by atoms with Gasteiger partial charge in [-0.15, -0.1) is 0 Å². The van der Waals surface area contributed by atoms with Crippen molar-refractivity contribution in [2.45, 2.75) is 6.42 Å². The van der Waals surface area contributed by atoms with Gasteiger partial charge in [0.1, 0.15) is 0 Å². The highest BCUT2D eigenvalue weighted by atomic mass is 16.2. The largest absolute Gasteiger partial charge is 0.395 e. The molecule has 1 N–H and O–H groups in total. The highest BCUT2D eigenvalue weighted by Gasteiger charge is 1.78. The van der Waals surface area contributed by atoms with Crippen molar-refractivity contribution in [2.75, 3.05) is 6.61 Å². The van der Waals surface area contributed by atoms with E-state index in [2.05, 4.69) is 23.7 Å². The van der Waals surface area contributed by atoms with Gasteiger partial charge in [-0.25, -0.2) is 0 Å². The molecule has 1 nitrogen and oxygen atoms in total. The Morgan fingerprint density at radius 1 is 1.08 bits per heavy atom. The molecule has 0 aliphatic carbocycles. The van der Waals surface area contributed by atoms with Crippen molar-refractivity contribution in [3.8, 4) is 23.7 Å². The van der Waals surface area contributed by atoms with Gasteiger partial charge in [0, 0.05) is 12.0 Å². The highest BCUT2D eigenvalue weighted by Crippen LogP contribution is 1.93. The van der Waals surface area contributed by atoms with Crippen molar-refractivity contribution in [3.05, 3.63) is 35.9 Å². The molecule has 1 aromatic rings. The average molecular weight is 170 g/mol. The third-order valence-corrected chi connectivity index (χ3v) is 1.37. The number of aliphatic hydroxyl groups is 1. The van der Waals surface area contributed by atoms with E-state index in [1.54, 1.807) is 0 Å². The summed E-state index contributed by atoms with van der Waals surface area (Å²) in [4.78, 5) is 0. The Morgan fingerprint density at radius 3 is 2.54 bits per heavy atom. The fourth-order valence-electron chi connectivity index (χ4n) is 0.788. The smallest absolute Gasteiger partial charge is 0.0540 e. The first kappa shape index (κ1) is 9.39. The van der Waals surface area contributed by atoms with Gasteiger partial charge < -0.3 is 5.11 Å². The third-order valence-electron chi connectivity index (χ3n) is 1.37. The van der Waals surface area contributed by atoms with E-state index >= 15 is 0 Å². The maximum Gasteiger partial charge on any atom is 0.0540 e. The zero-order valence-corrected chi connectivity index (χ0v) is 7.25. The topological polar surface area (TPSA) is 20.2 Å². The van der Waals surface area contributed by atoms with Crippen molar-refractivity contribution >= 4 is 0 Å². The van der Waals surface area contributed by atoms with E-state index in [0.717, 1.165) is 5.56 Å². The van der Waals surface area contributed by atoms with E-state index in [9.17, 15) is 0 Å². The molecule has 0 saturated carbocycles. The summed E-state index contributed by atoms with van der Waals surface area (Å²) < 4.78 is 0. The molecule has 0 unspecified atom stereocenters. The molecule has 0 amide bonds. The third kappa shape index (κ3) is 4.01. The van der Waals surface area contributed by atoms with Gasteiger partial charge in [0.25, 0.3) is 0 Å². The number of hydrogen-bond donors (Lipinski definition) is 1. The lowest BCUT2D eigenvalue weighted by atomic mass is 10.2. The summed E-state index contributed by atoms with van der Waals surface area (Å²) in [6.07, 6.45) is 0.490. The number of benzene rings is 1. The maximum absolute atomic E-state index is 8.43. The Balaban J connectivity index is 2.55. The van der Waals surface area contributed by atoms with E-state index < -0.39 is 0 Å². The van der Waals surface area contributed by atoms with Gasteiger partial charge in [-0.2, -0.15) is 0 Å². The first-order valence-corrected chi connectivity index (χ1v) is 4.08. The Hall–Kier alpha value is -1.70. The van der Waals surface area contributed by atoms with Crippen LogP contribution in [0.4, 0.5) is 0 Å². The van der Waals surface area contributed by atoms with Gasteiger partial charge >= 0.3 is 0 Å². The minimum absolute atomic E-state index is 0.0972. The Labute approximate surface area is 78.4 Å². The summed E-state index contributed by atoms with van der Waals surface area (Å²) in [5, 5.41) is 8.43. The molecule has 0 spiro atoms. The van der Waals surface area contributed by atoms with Gasteiger partial charge in [0.2, 0.25) is 0 Å². The Morgan fingerprint density at radius 2 is 1.85 bits per heavy atom. The minimum atomic E-state index is 0.0972. The van der Waals surface area contributed by atoms with Gasteiger partial charge in [-0.3, -0.25) is 0 Å². The van der Waals surface area contributed by atoms with Crippen LogP contribution in [0.25, 0.3) is 0 Å². The fourth-order valence-corrected chi connectivity index (χ4v) is 0.788. The van der Waals surface area contributed by atoms with Gasteiger partial charge in [0.15, 0.2) is 0 Å². The van der Waals surface area contributed by atoms with Crippen LogP contribution in [0.1, 0.15) is 12.0 Å². The number of rotatable bonds is 1. The Kier molecular flexibility index (Phi) is 4.25. The second-order valence-corrected chi connectivity index (χ2v) is 2.39. The summed E-state index contributed by atoms with van der Waals surface area (Å²) in [5.74, 6) is 11.0. The van der Waals surface area contributed by atoms with Crippen LogP contribution in [0, 0.1) is 23.7 Å². The van der Waals surface area contributed by atoms with Crippen LogP contribution in [0.2, 0.25) is 0 Å². The average Bonchev–Trinajstić information content (AvgIpc) is 2.19.